The molecule has 3 fully saturated rings. The van der Waals surface area contributed by atoms with Gasteiger partial charge in [0.15, 0.2) is 0 Å². The number of benzene rings is 2. The van der Waals surface area contributed by atoms with Gasteiger partial charge in [-0.15, -0.1) is 0 Å². The molecule has 3 N–H and O–H groups in total. The van der Waals surface area contributed by atoms with Gasteiger partial charge in [-0.3, -0.25) is 14.4 Å². The molecule has 8 nitrogen and oxygen atoms in total. The van der Waals surface area contributed by atoms with E-state index in [0.29, 0.717) is 25.1 Å². The Morgan fingerprint density at radius 1 is 1.12 bits per heavy atom. The minimum absolute atomic E-state index is 0.0624. The third kappa shape index (κ3) is 4.85. The second-order valence-electron chi connectivity index (χ2n) is 12.9. The molecule has 1 spiro atoms. The number of likely N-dealkylation sites (tertiary alicyclic amines) is 1. The van der Waals surface area contributed by atoms with Crippen molar-refractivity contribution in [3.63, 3.8) is 0 Å². The first-order valence-corrected chi connectivity index (χ1v) is 14.8. The summed E-state index contributed by atoms with van der Waals surface area (Å²) in [5, 5.41) is 16.6. The molecule has 0 aromatic heterocycles. The topological polar surface area (TPSA) is 108 Å². The van der Waals surface area contributed by atoms with Gasteiger partial charge in [-0.2, -0.15) is 0 Å². The van der Waals surface area contributed by atoms with E-state index in [0.717, 1.165) is 16.7 Å². The quantitative estimate of drug-likeness (QED) is 0.429. The molecule has 3 unspecified atom stereocenters. The molecule has 0 saturated carbocycles. The highest BCUT2D eigenvalue weighted by Gasteiger charge is 2.80. The van der Waals surface area contributed by atoms with E-state index in [4.69, 9.17) is 4.74 Å². The first kappa shape index (κ1) is 29.3. The van der Waals surface area contributed by atoms with Crippen LogP contribution in [0.4, 0.5) is 5.69 Å². The summed E-state index contributed by atoms with van der Waals surface area (Å²) in [4.78, 5) is 44.2. The molecule has 8 heteroatoms. The van der Waals surface area contributed by atoms with Crippen molar-refractivity contribution in [2.24, 2.45) is 23.7 Å². The average molecular weight is 562 g/mol. The summed E-state index contributed by atoms with van der Waals surface area (Å²) in [6, 6.07) is 13.9. The van der Waals surface area contributed by atoms with Crippen molar-refractivity contribution >= 4 is 23.4 Å². The van der Waals surface area contributed by atoms with E-state index in [1.165, 1.54) is 0 Å². The summed E-state index contributed by atoms with van der Waals surface area (Å²) in [5.41, 5.74) is 1.47. The zero-order chi connectivity index (χ0) is 29.7. The maximum Gasteiger partial charge on any atom is 0.250 e. The minimum Gasteiger partial charge on any atom is -0.394 e. The summed E-state index contributed by atoms with van der Waals surface area (Å²) in [5.74, 6) is -2.35. The predicted octanol–water partition coefficient (Wildman–Crippen LogP) is 3.98. The Bertz CT molecular complexity index is 1330. The summed E-state index contributed by atoms with van der Waals surface area (Å²) >= 11 is 0. The fraction of sp³-hybridized carbons (Fsp3) is 0.545. The molecule has 41 heavy (non-hydrogen) atoms. The molecular formula is C33H43N3O5. The molecule has 3 amide bonds. The van der Waals surface area contributed by atoms with E-state index in [1.54, 1.807) is 4.90 Å². The van der Waals surface area contributed by atoms with Crippen LogP contribution in [-0.2, 0) is 25.7 Å². The van der Waals surface area contributed by atoms with Crippen LogP contribution in [0.25, 0.3) is 0 Å². The van der Waals surface area contributed by atoms with Crippen LogP contribution in [0.3, 0.4) is 0 Å². The smallest absolute Gasteiger partial charge is 0.250 e. The third-order valence-corrected chi connectivity index (χ3v) is 9.59. The number of carbonyl (C=O) groups excluding carboxylic acids is 3. The van der Waals surface area contributed by atoms with E-state index in [2.05, 4.69) is 10.6 Å². The van der Waals surface area contributed by atoms with Crippen LogP contribution in [0.1, 0.15) is 57.2 Å². The standard InChI is InChI=1S/C33H43N3O5/c1-19(2)14-24(18-37)36-28(30(39)35-25-15-20(3)12-13-21(25)4)33-16-22(5)32(6,41-33)26(27(33)31(36)40)29(38)34-17-23-10-8-7-9-11-23/h7-13,15,19,22,24,26-28,37H,14,16-18H2,1-6H3,(H,34,38)(H,35,39)/t22?,24-,26-,27+,28?,32+,33?/m1/s1. The molecule has 7 atom stereocenters. The lowest BCUT2D eigenvalue weighted by atomic mass is 9.62. The molecule has 3 aliphatic rings. The number of hydrogen-bond donors (Lipinski definition) is 3. The fourth-order valence-electron chi connectivity index (χ4n) is 7.56. The molecule has 3 saturated heterocycles. The zero-order valence-electron chi connectivity index (χ0n) is 24.9. The molecule has 0 aliphatic carbocycles. The number of hydrogen-bond acceptors (Lipinski definition) is 5. The Balaban J connectivity index is 1.55. The lowest BCUT2D eigenvalue weighted by Gasteiger charge is -2.37. The van der Waals surface area contributed by atoms with E-state index < -0.39 is 35.1 Å². The summed E-state index contributed by atoms with van der Waals surface area (Å²) < 4.78 is 6.83. The first-order chi connectivity index (χ1) is 19.4. The largest absolute Gasteiger partial charge is 0.394 e. The van der Waals surface area contributed by atoms with Crippen LogP contribution in [0.2, 0.25) is 0 Å². The summed E-state index contributed by atoms with van der Waals surface area (Å²) in [6.45, 7) is 11.9. The number of anilines is 1. The van der Waals surface area contributed by atoms with Crippen molar-refractivity contribution in [3.8, 4) is 0 Å². The lowest BCUT2D eigenvalue weighted by molar-refractivity contribution is -0.149. The Hall–Kier alpha value is -3.23. The van der Waals surface area contributed by atoms with Crippen molar-refractivity contribution in [1.29, 1.82) is 0 Å². The molecule has 2 aromatic carbocycles. The van der Waals surface area contributed by atoms with Gasteiger partial charge in [0.2, 0.25) is 17.7 Å². The van der Waals surface area contributed by atoms with E-state index in [-0.39, 0.29) is 36.2 Å². The minimum atomic E-state index is -1.17. The summed E-state index contributed by atoms with van der Waals surface area (Å²) in [6.07, 6.45) is 1.000. The highest BCUT2D eigenvalue weighted by Crippen LogP contribution is 2.65. The Labute approximate surface area is 242 Å². The van der Waals surface area contributed by atoms with E-state index in [9.17, 15) is 19.5 Å². The fourth-order valence-corrected chi connectivity index (χ4v) is 7.56. The van der Waals surface area contributed by atoms with Crippen LogP contribution in [-0.4, -0.2) is 57.6 Å². The Kier molecular flexibility index (Phi) is 7.76. The van der Waals surface area contributed by atoms with Gasteiger partial charge in [0, 0.05) is 12.2 Å². The SMILES string of the molecule is Cc1ccc(C)c(NC(=O)C2N([C@@H](CO)CC(C)C)C(=O)[C@@H]3[C@H](C(=O)NCc4ccccc4)[C@@]4(C)OC23CC4C)c1. The van der Waals surface area contributed by atoms with Gasteiger partial charge < -0.3 is 25.4 Å². The van der Waals surface area contributed by atoms with Crippen LogP contribution >= 0.6 is 0 Å². The number of aliphatic hydroxyl groups excluding tert-OH is 1. The number of fused-ring (bicyclic) bond motifs is 1. The van der Waals surface area contributed by atoms with E-state index in [1.807, 2.05) is 90.1 Å². The molecule has 3 aliphatic heterocycles. The molecule has 2 aromatic rings. The van der Waals surface area contributed by atoms with Gasteiger partial charge in [-0.25, -0.2) is 0 Å². The van der Waals surface area contributed by atoms with Crippen molar-refractivity contribution in [3.05, 3.63) is 65.2 Å². The van der Waals surface area contributed by atoms with Crippen molar-refractivity contribution in [1.82, 2.24) is 10.2 Å². The van der Waals surface area contributed by atoms with Crippen molar-refractivity contribution < 1.29 is 24.2 Å². The van der Waals surface area contributed by atoms with Gasteiger partial charge >= 0.3 is 0 Å². The predicted molar refractivity (Wildman–Crippen MR) is 157 cm³/mol. The summed E-state index contributed by atoms with van der Waals surface area (Å²) in [7, 11) is 0. The van der Waals surface area contributed by atoms with Gasteiger partial charge in [0.05, 0.1) is 30.1 Å². The Morgan fingerprint density at radius 3 is 2.49 bits per heavy atom. The van der Waals surface area contributed by atoms with Gasteiger partial charge in [-0.05, 0) is 68.2 Å². The highest BCUT2D eigenvalue weighted by molar-refractivity contribution is 6.04. The van der Waals surface area contributed by atoms with Gasteiger partial charge in [-0.1, -0.05) is 63.2 Å². The maximum absolute atomic E-state index is 14.5. The van der Waals surface area contributed by atoms with Crippen molar-refractivity contribution in [2.45, 2.75) is 84.2 Å². The number of nitrogens with one attached hydrogen (secondary N) is 2. The maximum atomic E-state index is 14.5. The van der Waals surface area contributed by atoms with Crippen molar-refractivity contribution in [2.75, 3.05) is 11.9 Å². The van der Waals surface area contributed by atoms with Gasteiger partial charge in [0.1, 0.15) is 11.6 Å². The van der Waals surface area contributed by atoms with Crippen LogP contribution in [0, 0.1) is 37.5 Å². The zero-order valence-corrected chi connectivity index (χ0v) is 24.9. The number of rotatable bonds is 9. The van der Waals surface area contributed by atoms with Crippen LogP contribution in [0.5, 0.6) is 0 Å². The van der Waals surface area contributed by atoms with Gasteiger partial charge in [0.25, 0.3) is 0 Å². The molecular weight excluding hydrogens is 518 g/mol. The second kappa shape index (κ2) is 10.9. The average Bonchev–Trinajstić information content (AvgIpc) is 3.45. The van der Waals surface area contributed by atoms with Crippen LogP contribution < -0.4 is 10.6 Å². The first-order valence-electron chi connectivity index (χ1n) is 14.8. The molecule has 220 valence electrons. The van der Waals surface area contributed by atoms with E-state index >= 15 is 0 Å². The number of amides is 3. The lowest BCUT2D eigenvalue weighted by Crippen LogP contribution is -2.56. The van der Waals surface area contributed by atoms with Crippen LogP contribution in [0.15, 0.2) is 48.5 Å². The number of aryl methyl sites for hydroxylation is 2. The molecule has 0 radical (unpaired) electrons. The number of carbonyl (C=O) groups is 3. The highest BCUT2D eigenvalue weighted by atomic mass is 16.5. The molecule has 3 heterocycles. The number of ether oxygens (including phenoxy) is 1. The number of nitrogens with zero attached hydrogens (tertiary/aromatic N) is 1. The monoisotopic (exact) mass is 561 g/mol. The third-order valence-electron chi connectivity index (χ3n) is 9.59. The Morgan fingerprint density at radius 2 is 1.83 bits per heavy atom. The number of aliphatic hydroxyl groups is 1. The normalized spacial score (nSPS) is 30.9. The molecule has 5 rings (SSSR count). The molecule has 2 bridgehead atoms. The second-order valence-corrected chi connectivity index (χ2v) is 12.9.